The van der Waals surface area contributed by atoms with Gasteiger partial charge >= 0.3 is 0 Å². The maximum atomic E-state index is 9.41. The predicted molar refractivity (Wildman–Crippen MR) is 92.9 cm³/mol. The lowest BCUT2D eigenvalue weighted by molar-refractivity contribution is -0.0148. The Bertz CT molecular complexity index is 762. The zero-order chi connectivity index (χ0) is 17.1. The van der Waals surface area contributed by atoms with Crippen LogP contribution in [0.4, 0.5) is 0 Å². The number of fused-ring (bicyclic) bond motifs is 1. The molecule has 0 aliphatic carbocycles. The largest absolute Gasteiger partial charge is 0.489 e. The summed E-state index contributed by atoms with van der Waals surface area (Å²) in [6, 6.07) is 7.76. The van der Waals surface area contributed by atoms with Crippen LogP contribution in [0, 0.1) is 6.92 Å². The highest BCUT2D eigenvalue weighted by Crippen LogP contribution is 2.26. The highest BCUT2D eigenvalue weighted by molar-refractivity contribution is 5.79. The normalized spacial score (nSPS) is 18.8. The van der Waals surface area contributed by atoms with Gasteiger partial charge in [0.2, 0.25) is 0 Å². The smallest absolute Gasteiger partial charge is 0.155 e. The number of hydrogen-bond acceptors (Lipinski definition) is 5. The summed E-state index contributed by atoms with van der Waals surface area (Å²) in [4.78, 5) is 1.99. The fourth-order valence-corrected chi connectivity index (χ4v) is 2.89. The summed E-state index contributed by atoms with van der Waals surface area (Å²) in [7, 11) is 1.66. The molecule has 0 saturated carbocycles. The van der Waals surface area contributed by atoms with Crippen molar-refractivity contribution in [2.75, 3.05) is 20.3 Å². The van der Waals surface area contributed by atoms with Crippen molar-refractivity contribution in [3.8, 4) is 5.75 Å². The molecule has 0 amide bonds. The summed E-state index contributed by atoms with van der Waals surface area (Å²) in [5, 5.41) is 10.4. The van der Waals surface area contributed by atoms with E-state index in [0.29, 0.717) is 6.61 Å². The lowest BCUT2D eigenvalue weighted by Gasteiger charge is -2.37. The Labute approximate surface area is 141 Å². The second-order valence-electron chi connectivity index (χ2n) is 6.00. The molecule has 2 aromatic rings. The van der Waals surface area contributed by atoms with E-state index < -0.39 is 0 Å². The van der Waals surface area contributed by atoms with E-state index in [1.807, 2.05) is 61.4 Å². The van der Waals surface area contributed by atoms with Crippen molar-refractivity contribution in [2.45, 2.75) is 26.1 Å². The lowest BCUT2D eigenvalue weighted by atomic mass is 10.1. The SMILES string of the molecule is CO[C@H]1C(COc2ccc3oc(C)cc3c2)=CC=CN1C(C)CO. The van der Waals surface area contributed by atoms with Crippen molar-refractivity contribution in [3.63, 3.8) is 0 Å². The van der Waals surface area contributed by atoms with Crippen molar-refractivity contribution in [1.29, 1.82) is 0 Å². The fraction of sp³-hybridized carbons (Fsp3) is 0.368. The fourth-order valence-electron chi connectivity index (χ4n) is 2.89. The predicted octanol–water partition coefficient (Wildman–Crippen LogP) is 3.23. The summed E-state index contributed by atoms with van der Waals surface area (Å²) < 4.78 is 17.1. The van der Waals surface area contributed by atoms with E-state index in [1.165, 1.54) is 0 Å². The molecule has 24 heavy (non-hydrogen) atoms. The molecule has 5 heteroatoms. The van der Waals surface area contributed by atoms with E-state index >= 15 is 0 Å². The van der Waals surface area contributed by atoms with Crippen LogP contribution in [0.3, 0.4) is 0 Å². The van der Waals surface area contributed by atoms with Crippen LogP contribution in [0.2, 0.25) is 0 Å². The molecule has 1 aromatic carbocycles. The van der Waals surface area contributed by atoms with Gasteiger partial charge in [-0.1, -0.05) is 6.08 Å². The third-order valence-electron chi connectivity index (χ3n) is 4.17. The standard InChI is InChI=1S/C19H23NO4/c1-13(11-21)20-8-4-5-15(19(20)22-3)12-23-17-6-7-18-16(10-17)9-14(2)24-18/h4-10,13,19,21H,11-12H2,1-3H3/t13?,19-/m0/s1. The van der Waals surface area contributed by atoms with Crippen molar-refractivity contribution >= 4 is 11.0 Å². The van der Waals surface area contributed by atoms with Crippen LogP contribution in [0.15, 0.2) is 52.6 Å². The summed E-state index contributed by atoms with van der Waals surface area (Å²) in [5.74, 6) is 1.67. The summed E-state index contributed by atoms with van der Waals surface area (Å²) >= 11 is 0. The molecule has 1 unspecified atom stereocenters. The zero-order valence-corrected chi connectivity index (χ0v) is 14.2. The highest BCUT2D eigenvalue weighted by atomic mass is 16.5. The van der Waals surface area contributed by atoms with Gasteiger partial charge in [0.15, 0.2) is 6.23 Å². The van der Waals surface area contributed by atoms with Crippen LogP contribution < -0.4 is 4.74 Å². The molecule has 0 spiro atoms. The van der Waals surface area contributed by atoms with Crippen LogP contribution >= 0.6 is 0 Å². The van der Waals surface area contributed by atoms with Gasteiger partial charge in [-0.3, -0.25) is 0 Å². The molecule has 1 N–H and O–H groups in total. The Kier molecular flexibility index (Phi) is 4.92. The van der Waals surface area contributed by atoms with Gasteiger partial charge in [0.25, 0.3) is 0 Å². The van der Waals surface area contributed by atoms with Crippen molar-refractivity contribution in [2.24, 2.45) is 0 Å². The monoisotopic (exact) mass is 329 g/mol. The Morgan fingerprint density at radius 2 is 2.17 bits per heavy atom. The van der Waals surface area contributed by atoms with Gasteiger partial charge in [0.05, 0.1) is 12.6 Å². The van der Waals surface area contributed by atoms with Gasteiger partial charge in [-0.2, -0.15) is 0 Å². The van der Waals surface area contributed by atoms with E-state index in [0.717, 1.165) is 28.1 Å². The molecule has 1 aromatic heterocycles. The van der Waals surface area contributed by atoms with Gasteiger partial charge in [-0.25, -0.2) is 0 Å². The number of allylic oxidation sites excluding steroid dienone is 2. The molecule has 3 rings (SSSR count). The summed E-state index contributed by atoms with van der Waals surface area (Å²) in [5.41, 5.74) is 1.86. The average molecular weight is 329 g/mol. The molecule has 128 valence electrons. The minimum Gasteiger partial charge on any atom is -0.489 e. The number of furan rings is 1. The minimum absolute atomic E-state index is 0.0276. The first-order valence-corrected chi connectivity index (χ1v) is 8.03. The summed E-state index contributed by atoms with van der Waals surface area (Å²) in [6.45, 7) is 4.36. The van der Waals surface area contributed by atoms with E-state index in [1.54, 1.807) is 7.11 Å². The van der Waals surface area contributed by atoms with Gasteiger partial charge < -0.3 is 23.9 Å². The molecule has 0 radical (unpaired) electrons. The van der Waals surface area contributed by atoms with Crippen LogP contribution in [0.25, 0.3) is 11.0 Å². The highest BCUT2D eigenvalue weighted by Gasteiger charge is 2.25. The third kappa shape index (κ3) is 3.32. The Hall–Kier alpha value is -2.24. The van der Waals surface area contributed by atoms with Gasteiger partial charge in [0, 0.05) is 24.3 Å². The Balaban J connectivity index is 1.72. The number of aliphatic hydroxyl groups excluding tert-OH is 1. The molecule has 0 saturated heterocycles. The molecule has 5 nitrogen and oxygen atoms in total. The average Bonchev–Trinajstić information content (AvgIpc) is 2.97. The lowest BCUT2D eigenvalue weighted by Crippen LogP contribution is -2.44. The minimum atomic E-state index is -0.239. The number of methoxy groups -OCH3 is 1. The van der Waals surface area contributed by atoms with Crippen LogP contribution in [0.5, 0.6) is 5.75 Å². The first kappa shape index (κ1) is 16.6. The second kappa shape index (κ2) is 7.11. The van der Waals surface area contributed by atoms with Crippen LogP contribution in [0.1, 0.15) is 12.7 Å². The molecule has 0 fully saturated rings. The van der Waals surface area contributed by atoms with Gasteiger partial charge in [-0.05, 0) is 44.2 Å². The van der Waals surface area contributed by atoms with E-state index in [4.69, 9.17) is 13.9 Å². The molecular weight excluding hydrogens is 306 g/mol. The number of ether oxygens (including phenoxy) is 2. The maximum Gasteiger partial charge on any atom is 0.155 e. The first-order valence-electron chi connectivity index (χ1n) is 8.03. The van der Waals surface area contributed by atoms with E-state index in [-0.39, 0.29) is 18.9 Å². The number of aryl methyl sites for hydroxylation is 1. The first-order chi connectivity index (χ1) is 11.6. The van der Waals surface area contributed by atoms with Gasteiger partial charge in [-0.15, -0.1) is 0 Å². The van der Waals surface area contributed by atoms with Crippen molar-refractivity contribution in [1.82, 2.24) is 4.90 Å². The molecular formula is C19H23NO4. The Morgan fingerprint density at radius 3 is 2.92 bits per heavy atom. The quantitative estimate of drug-likeness (QED) is 0.882. The Morgan fingerprint density at radius 1 is 1.33 bits per heavy atom. The second-order valence-corrected chi connectivity index (χ2v) is 6.00. The maximum absolute atomic E-state index is 9.41. The zero-order valence-electron chi connectivity index (χ0n) is 14.2. The molecule has 1 aliphatic rings. The van der Waals surface area contributed by atoms with E-state index in [9.17, 15) is 5.11 Å². The molecule has 2 heterocycles. The number of aliphatic hydroxyl groups is 1. The van der Waals surface area contributed by atoms with Crippen molar-refractivity contribution < 1.29 is 19.0 Å². The summed E-state index contributed by atoms with van der Waals surface area (Å²) in [6.07, 6.45) is 5.63. The van der Waals surface area contributed by atoms with E-state index in [2.05, 4.69) is 0 Å². The van der Waals surface area contributed by atoms with Crippen molar-refractivity contribution in [3.05, 3.63) is 54.0 Å². The van der Waals surface area contributed by atoms with Crippen LogP contribution in [-0.4, -0.2) is 42.6 Å². The number of benzene rings is 1. The number of hydrogen-bond donors (Lipinski definition) is 1. The molecule has 1 aliphatic heterocycles. The molecule has 2 atom stereocenters. The third-order valence-corrected chi connectivity index (χ3v) is 4.17. The topological polar surface area (TPSA) is 55.1 Å². The number of nitrogens with zero attached hydrogens (tertiary/aromatic N) is 1. The molecule has 0 bridgehead atoms. The van der Waals surface area contributed by atoms with Gasteiger partial charge in [0.1, 0.15) is 23.7 Å². The van der Waals surface area contributed by atoms with Crippen LogP contribution in [-0.2, 0) is 4.74 Å². The number of rotatable bonds is 6.